The fraction of sp³-hybridized carbons (Fsp3) is 0.923. The van der Waals surface area contributed by atoms with Crippen molar-refractivity contribution in [1.29, 1.82) is 0 Å². The Labute approximate surface area is 104 Å². The SMILES string of the molecule is CC(C)N(CCCl)C(=O)C1(C)CCCCC1. The smallest absolute Gasteiger partial charge is 0.228 e. The first-order valence-corrected chi connectivity index (χ1v) is 6.92. The van der Waals surface area contributed by atoms with Gasteiger partial charge in [-0.05, 0) is 26.7 Å². The van der Waals surface area contributed by atoms with E-state index in [1.807, 2.05) is 4.90 Å². The van der Waals surface area contributed by atoms with E-state index in [-0.39, 0.29) is 11.5 Å². The second-order valence-electron chi connectivity index (χ2n) is 5.40. The standard InChI is InChI=1S/C13H24ClNO/c1-11(2)15(10-9-14)12(16)13(3)7-5-4-6-8-13/h11H,4-10H2,1-3H3. The van der Waals surface area contributed by atoms with Crippen molar-refractivity contribution in [2.24, 2.45) is 5.41 Å². The van der Waals surface area contributed by atoms with Crippen LogP contribution in [0.3, 0.4) is 0 Å². The monoisotopic (exact) mass is 245 g/mol. The average molecular weight is 246 g/mol. The van der Waals surface area contributed by atoms with Gasteiger partial charge in [-0.25, -0.2) is 0 Å². The third kappa shape index (κ3) is 3.13. The van der Waals surface area contributed by atoms with Gasteiger partial charge in [-0.15, -0.1) is 11.6 Å². The molecule has 0 aliphatic heterocycles. The number of rotatable bonds is 4. The Bertz CT molecular complexity index is 234. The number of carbonyl (C=O) groups is 1. The molecule has 0 saturated heterocycles. The van der Waals surface area contributed by atoms with Gasteiger partial charge >= 0.3 is 0 Å². The highest BCUT2D eigenvalue weighted by Gasteiger charge is 2.37. The Morgan fingerprint density at radius 2 is 1.88 bits per heavy atom. The molecule has 0 aromatic heterocycles. The van der Waals surface area contributed by atoms with Crippen molar-refractivity contribution >= 4 is 17.5 Å². The molecule has 0 radical (unpaired) electrons. The number of hydrogen-bond donors (Lipinski definition) is 0. The van der Waals surface area contributed by atoms with Crippen molar-refractivity contribution in [3.63, 3.8) is 0 Å². The molecule has 0 N–H and O–H groups in total. The van der Waals surface area contributed by atoms with Gasteiger partial charge in [0.15, 0.2) is 0 Å². The van der Waals surface area contributed by atoms with Crippen LogP contribution < -0.4 is 0 Å². The maximum Gasteiger partial charge on any atom is 0.228 e. The molecule has 3 heteroatoms. The molecule has 1 amide bonds. The van der Waals surface area contributed by atoms with Crippen LogP contribution in [0.4, 0.5) is 0 Å². The number of alkyl halides is 1. The molecule has 0 aromatic carbocycles. The lowest BCUT2D eigenvalue weighted by Crippen LogP contribution is -2.47. The first-order valence-electron chi connectivity index (χ1n) is 6.38. The first kappa shape index (κ1) is 13.8. The molecule has 0 spiro atoms. The van der Waals surface area contributed by atoms with Gasteiger partial charge in [-0.1, -0.05) is 26.2 Å². The molecule has 1 rings (SSSR count). The average Bonchev–Trinajstić information content (AvgIpc) is 2.25. The molecule has 0 heterocycles. The van der Waals surface area contributed by atoms with E-state index in [2.05, 4.69) is 20.8 Å². The van der Waals surface area contributed by atoms with E-state index in [1.54, 1.807) is 0 Å². The zero-order valence-electron chi connectivity index (χ0n) is 10.8. The summed E-state index contributed by atoms with van der Waals surface area (Å²) in [4.78, 5) is 14.5. The third-order valence-electron chi connectivity index (χ3n) is 3.68. The molecule has 0 unspecified atom stereocenters. The van der Waals surface area contributed by atoms with E-state index >= 15 is 0 Å². The summed E-state index contributed by atoms with van der Waals surface area (Å²) in [6.07, 6.45) is 5.73. The lowest BCUT2D eigenvalue weighted by Gasteiger charge is -2.38. The summed E-state index contributed by atoms with van der Waals surface area (Å²) in [6, 6.07) is 0.255. The quantitative estimate of drug-likeness (QED) is 0.695. The summed E-state index contributed by atoms with van der Waals surface area (Å²) in [5, 5.41) is 0. The van der Waals surface area contributed by atoms with Crippen molar-refractivity contribution < 1.29 is 4.79 Å². The minimum atomic E-state index is -0.130. The number of hydrogen-bond acceptors (Lipinski definition) is 1. The van der Waals surface area contributed by atoms with Crippen LogP contribution in [-0.4, -0.2) is 29.3 Å². The zero-order chi connectivity index (χ0) is 12.2. The summed E-state index contributed by atoms with van der Waals surface area (Å²) in [6.45, 7) is 6.93. The van der Waals surface area contributed by atoms with Gasteiger partial charge in [0.05, 0.1) is 0 Å². The third-order valence-corrected chi connectivity index (χ3v) is 3.85. The summed E-state index contributed by atoms with van der Waals surface area (Å²) < 4.78 is 0. The highest BCUT2D eigenvalue weighted by atomic mass is 35.5. The summed E-state index contributed by atoms with van der Waals surface area (Å²) in [7, 11) is 0. The van der Waals surface area contributed by atoms with Crippen LogP contribution in [0.5, 0.6) is 0 Å². The molecule has 0 atom stereocenters. The van der Waals surface area contributed by atoms with E-state index in [0.717, 1.165) is 12.8 Å². The van der Waals surface area contributed by atoms with E-state index in [1.165, 1.54) is 19.3 Å². The van der Waals surface area contributed by atoms with Crippen LogP contribution in [0.2, 0.25) is 0 Å². The molecule has 1 fully saturated rings. The molecule has 0 aromatic rings. The van der Waals surface area contributed by atoms with Crippen molar-refractivity contribution in [3.8, 4) is 0 Å². The van der Waals surface area contributed by atoms with Crippen molar-refractivity contribution in [2.45, 2.75) is 58.9 Å². The van der Waals surface area contributed by atoms with Crippen molar-refractivity contribution in [3.05, 3.63) is 0 Å². The number of carbonyl (C=O) groups excluding carboxylic acids is 1. The minimum absolute atomic E-state index is 0.130. The van der Waals surface area contributed by atoms with Gasteiger partial charge in [0.2, 0.25) is 5.91 Å². The molecule has 0 bridgehead atoms. The topological polar surface area (TPSA) is 20.3 Å². The molecule has 94 valence electrons. The molecule has 1 aliphatic rings. The Kier molecular flexibility index (Phi) is 5.10. The van der Waals surface area contributed by atoms with E-state index in [4.69, 9.17) is 11.6 Å². The van der Waals surface area contributed by atoms with Gasteiger partial charge in [0, 0.05) is 23.9 Å². The first-order chi connectivity index (χ1) is 7.51. The van der Waals surface area contributed by atoms with Gasteiger partial charge in [-0.2, -0.15) is 0 Å². The van der Waals surface area contributed by atoms with Crippen LogP contribution in [0.25, 0.3) is 0 Å². The van der Waals surface area contributed by atoms with E-state index < -0.39 is 0 Å². The molecular formula is C13H24ClNO. The van der Waals surface area contributed by atoms with Crippen LogP contribution in [-0.2, 0) is 4.79 Å². The Morgan fingerprint density at radius 1 is 1.31 bits per heavy atom. The number of nitrogens with zero attached hydrogens (tertiary/aromatic N) is 1. The van der Waals surface area contributed by atoms with E-state index in [9.17, 15) is 4.79 Å². The largest absolute Gasteiger partial charge is 0.339 e. The van der Waals surface area contributed by atoms with Crippen LogP contribution in [0.15, 0.2) is 0 Å². The maximum atomic E-state index is 12.5. The van der Waals surface area contributed by atoms with Crippen molar-refractivity contribution in [1.82, 2.24) is 4.90 Å². The van der Waals surface area contributed by atoms with Crippen LogP contribution in [0, 0.1) is 5.41 Å². The summed E-state index contributed by atoms with van der Waals surface area (Å²) >= 11 is 5.77. The second-order valence-corrected chi connectivity index (χ2v) is 5.78. The lowest BCUT2D eigenvalue weighted by molar-refractivity contribution is -0.144. The van der Waals surface area contributed by atoms with Gasteiger partial charge in [0.25, 0.3) is 0 Å². The predicted octanol–water partition coefficient (Wildman–Crippen LogP) is 3.43. The van der Waals surface area contributed by atoms with Crippen LogP contribution in [0.1, 0.15) is 52.9 Å². The maximum absolute atomic E-state index is 12.5. The highest BCUT2D eigenvalue weighted by molar-refractivity contribution is 6.18. The molecule has 1 aliphatic carbocycles. The number of amides is 1. The zero-order valence-corrected chi connectivity index (χ0v) is 11.5. The van der Waals surface area contributed by atoms with Gasteiger partial charge in [-0.3, -0.25) is 4.79 Å². The highest BCUT2D eigenvalue weighted by Crippen LogP contribution is 2.37. The van der Waals surface area contributed by atoms with E-state index in [0.29, 0.717) is 18.3 Å². The van der Waals surface area contributed by atoms with Crippen LogP contribution >= 0.6 is 11.6 Å². The normalized spacial score (nSPS) is 19.8. The van der Waals surface area contributed by atoms with Crippen molar-refractivity contribution in [2.75, 3.05) is 12.4 Å². The summed E-state index contributed by atoms with van der Waals surface area (Å²) in [5.74, 6) is 0.836. The second kappa shape index (κ2) is 5.90. The lowest BCUT2D eigenvalue weighted by atomic mass is 9.74. The van der Waals surface area contributed by atoms with Gasteiger partial charge < -0.3 is 4.90 Å². The Balaban J connectivity index is 2.72. The Morgan fingerprint density at radius 3 is 2.31 bits per heavy atom. The Hall–Kier alpha value is -0.240. The summed E-state index contributed by atoms with van der Waals surface area (Å²) in [5.41, 5.74) is -0.130. The predicted molar refractivity (Wildman–Crippen MR) is 68.8 cm³/mol. The number of halogens is 1. The molecular weight excluding hydrogens is 222 g/mol. The minimum Gasteiger partial charge on any atom is -0.339 e. The molecule has 1 saturated carbocycles. The van der Waals surface area contributed by atoms with Gasteiger partial charge in [0.1, 0.15) is 0 Å². The molecule has 16 heavy (non-hydrogen) atoms. The molecule has 2 nitrogen and oxygen atoms in total. The fourth-order valence-electron chi connectivity index (χ4n) is 2.58. The fourth-order valence-corrected chi connectivity index (χ4v) is 2.76.